The van der Waals surface area contributed by atoms with E-state index < -0.39 is 48.6 Å². The lowest BCUT2D eigenvalue weighted by Gasteiger charge is -2.13. The van der Waals surface area contributed by atoms with Gasteiger partial charge in [0.1, 0.15) is 11.5 Å². The van der Waals surface area contributed by atoms with Gasteiger partial charge in [0.15, 0.2) is 0 Å². The van der Waals surface area contributed by atoms with Gasteiger partial charge in [0, 0.05) is 6.42 Å². The van der Waals surface area contributed by atoms with Crippen LogP contribution in [0.1, 0.15) is 42.2 Å². The number of ether oxygens (including phenoxy) is 2. The van der Waals surface area contributed by atoms with Crippen molar-refractivity contribution in [2.75, 3.05) is 13.2 Å². The van der Waals surface area contributed by atoms with Gasteiger partial charge in [0.25, 0.3) is 0 Å². The fourth-order valence-electron chi connectivity index (χ4n) is 3.08. The van der Waals surface area contributed by atoms with Crippen molar-refractivity contribution < 1.29 is 49.1 Å². The van der Waals surface area contributed by atoms with Gasteiger partial charge in [0.2, 0.25) is 0 Å². The van der Waals surface area contributed by atoms with Gasteiger partial charge < -0.3 is 29.9 Å². The van der Waals surface area contributed by atoms with Crippen molar-refractivity contribution in [3.05, 3.63) is 59.7 Å². The molecule has 0 aliphatic carbocycles. The molecule has 176 valence electrons. The number of aliphatic carboxylic acids is 4. The maximum Gasteiger partial charge on any atom is 0.311 e. The summed E-state index contributed by atoms with van der Waals surface area (Å²) < 4.78 is 11.1. The van der Waals surface area contributed by atoms with Crippen LogP contribution in [0.15, 0.2) is 48.5 Å². The molecule has 2 aromatic carbocycles. The van der Waals surface area contributed by atoms with E-state index >= 15 is 0 Å². The summed E-state index contributed by atoms with van der Waals surface area (Å²) in [4.78, 5) is 44.1. The fourth-order valence-corrected chi connectivity index (χ4v) is 3.08. The molecule has 2 rings (SSSR count). The van der Waals surface area contributed by atoms with E-state index in [4.69, 9.17) is 19.7 Å². The first-order valence-electron chi connectivity index (χ1n) is 10.0. The molecule has 0 aromatic heterocycles. The van der Waals surface area contributed by atoms with Crippen molar-refractivity contribution in [2.45, 2.75) is 31.1 Å². The third-order valence-electron chi connectivity index (χ3n) is 4.74. The second kappa shape index (κ2) is 12.1. The maximum absolute atomic E-state index is 11.2. The normalized spacial score (nSPS) is 12.4. The number of hydrogen-bond donors (Lipinski definition) is 4. The van der Waals surface area contributed by atoms with E-state index in [1.807, 2.05) is 0 Å². The summed E-state index contributed by atoms with van der Waals surface area (Å²) in [5.74, 6) is -6.08. The fraction of sp³-hybridized carbons (Fsp3) is 0.304. The highest BCUT2D eigenvalue weighted by molar-refractivity contribution is 5.83. The van der Waals surface area contributed by atoms with Gasteiger partial charge in [-0.05, 0) is 35.4 Å². The Morgan fingerprint density at radius 1 is 0.606 bits per heavy atom. The van der Waals surface area contributed by atoms with Crippen molar-refractivity contribution in [1.29, 1.82) is 0 Å². The van der Waals surface area contributed by atoms with Crippen LogP contribution in [0.3, 0.4) is 0 Å². The summed E-state index contributed by atoms with van der Waals surface area (Å²) in [6.45, 7) is 0.628. The first-order valence-corrected chi connectivity index (χ1v) is 10.0. The SMILES string of the molecule is O=C(O)C[C@H](C(=O)O)c1ccc(OCCCOc2ccc([C@H](CC(=O)O)C(=O)O)cc2)cc1. The van der Waals surface area contributed by atoms with E-state index in [0.29, 0.717) is 42.3 Å². The summed E-state index contributed by atoms with van der Waals surface area (Å²) >= 11 is 0. The lowest BCUT2D eigenvalue weighted by molar-refractivity contribution is -0.145. The highest BCUT2D eigenvalue weighted by Gasteiger charge is 2.24. The predicted octanol–water partition coefficient (Wildman–Crippen LogP) is 2.82. The highest BCUT2D eigenvalue weighted by atomic mass is 16.5. The Hall–Kier alpha value is -4.08. The molecule has 33 heavy (non-hydrogen) atoms. The number of carbonyl (C=O) groups is 4. The van der Waals surface area contributed by atoms with E-state index in [9.17, 15) is 29.4 Å². The van der Waals surface area contributed by atoms with Gasteiger partial charge >= 0.3 is 23.9 Å². The molecule has 0 amide bonds. The predicted molar refractivity (Wildman–Crippen MR) is 114 cm³/mol. The topological polar surface area (TPSA) is 168 Å². The van der Waals surface area contributed by atoms with Crippen LogP contribution in [-0.2, 0) is 19.2 Å². The molecule has 0 heterocycles. The lowest BCUT2D eigenvalue weighted by Crippen LogP contribution is -2.15. The Kier molecular flexibility index (Phi) is 9.22. The molecule has 0 aliphatic rings. The van der Waals surface area contributed by atoms with Crippen LogP contribution in [0.4, 0.5) is 0 Å². The molecule has 0 spiro atoms. The van der Waals surface area contributed by atoms with Crippen LogP contribution < -0.4 is 9.47 Å². The Morgan fingerprint density at radius 3 is 1.21 bits per heavy atom. The molecule has 0 unspecified atom stereocenters. The third kappa shape index (κ3) is 8.17. The van der Waals surface area contributed by atoms with Crippen molar-refractivity contribution in [1.82, 2.24) is 0 Å². The Balaban J connectivity index is 1.79. The van der Waals surface area contributed by atoms with Gasteiger partial charge in [-0.2, -0.15) is 0 Å². The van der Waals surface area contributed by atoms with Crippen molar-refractivity contribution >= 4 is 23.9 Å². The second-order valence-corrected chi connectivity index (χ2v) is 7.17. The number of benzene rings is 2. The standard InChI is InChI=1S/C23H24O10/c24-20(25)12-18(22(28)29)14-2-6-16(7-3-14)32-10-1-11-33-17-8-4-15(5-9-17)19(23(30)31)13-21(26)27/h2-9,18-19H,1,10-13H2,(H,24,25)(H,26,27)(H,28,29)(H,30,31)/t18-,19-/m0/s1. The van der Waals surface area contributed by atoms with Crippen LogP contribution in [0.25, 0.3) is 0 Å². The average molecular weight is 460 g/mol. The molecule has 2 atom stereocenters. The first kappa shape index (κ1) is 25.2. The number of hydrogen-bond acceptors (Lipinski definition) is 6. The van der Waals surface area contributed by atoms with Gasteiger partial charge in [-0.3, -0.25) is 19.2 Å². The monoisotopic (exact) mass is 460 g/mol. The van der Waals surface area contributed by atoms with E-state index in [-0.39, 0.29) is 0 Å². The average Bonchev–Trinajstić information content (AvgIpc) is 2.76. The third-order valence-corrected chi connectivity index (χ3v) is 4.74. The number of carboxylic acid groups (broad SMARTS) is 4. The minimum absolute atomic E-state index is 0.314. The summed E-state index contributed by atoms with van der Waals surface area (Å²) in [6.07, 6.45) is -0.494. The van der Waals surface area contributed by atoms with Gasteiger partial charge in [-0.25, -0.2) is 0 Å². The minimum Gasteiger partial charge on any atom is -0.493 e. The molecule has 4 N–H and O–H groups in total. The van der Waals surface area contributed by atoms with Gasteiger partial charge in [-0.15, -0.1) is 0 Å². The lowest BCUT2D eigenvalue weighted by atomic mass is 9.96. The largest absolute Gasteiger partial charge is 0.493 e. The summed E-state index contributed by atoms with van der Waals surface area (Å²) in [6, 6.07) is 12.4. The highest BCUT2D eigenvalue weighted by Crippen LogP contribution is 2.24. The van der Waals surface area contributed by atoms with Crippen LogP contribution in [0.2, 0.25) is 0 Å². The molecule has 2 aromatic rings. The molecule has 0 fully saturated rings. The van der Waals surface area contributed by atoms with Gasteiger partial charge in [0.05, 0.1) is 37.9 Å². The van der Waals surface area contributed by atoms with Crippen molar-refractivity contribution in [2.24, 2.45) is 0 Å². The van der Waals surface area contributed by atoms with E-state index in [2.05, 4.69) is 0 Å². The van der Waals surface area contributed by atoms with Crippen LogP contribution >= 0.6 is 0 Å². The second-order valence-electron chi connectivity index (χ2n) is 7.17. The van der Waals surface area contributed by atoms with E-state index in [1.165, 1.54) is 24.3 Å². The molecule has 0 radical (unpaired) electrons. The molecule has 0 bridgehead atoms. The Morgan fingerprint density at radius 2 is 0.939 bits per heavy atom. The van der Waals surface area contributed by atoms with Crippen LogP contribution in [-0.4, -0.2) is 57.5 Å². The van der Waals surface area contributed by atoms with Crippen LogP contribution in [0.5, 0.6) is 11.5 Å². The molecule has 0 saturated carbocycles. The van der Waals surface area contributed by atoms with Crippen LogP contribution in [0, 0.1) is 0 Å². The Bertz CT molecular complexity index is 886. The smallest absolute Gasteiger partial charge is 0.311 e. The molecule has 0 aliphatic heterocycles. The summed E-state index contributed by atoms with van der Waals surface area (Å²) in [5.41, 5.74) is 0.745. The zero-order valence-electron chi connectivity index (χ0n) is 17.5. The zero-order chi connectivity index (χ0) is 24.4. The first-order chi connectivity index (χ1) is 15.7. The van der Waals surface area contributed by atoms with E-state index in [0.717, 1.165) is 0 Å². The molecule has 10 heteroatoms. The maximum atomic E-state index is 11.2. The molecule has 0 saturated heterocycles. The summed E-state index contributed by atoms with van der Waals surface area (Å²) in [5, 5.41) is 36.1. The number of rotatable bonds is 14. The van der Waals surface area contributed by atoms with Crippen molar-refractivity contribution in [3.63, 3.8) is 0 Å². The molecular formula is C23H24O10. The number of carboxylic acids is 4. The minimum atomic E-state index is -1.21. The zero-order valence-corrected chi connectivity index (χ0v) is 17.5. The Labute approximate surface area is 189 Å². The molecule has 10 nitrogen and oxygen atoms in total. The quantitative estimate of drug-likeness (QED) is 0.308. The van der Waals surface area contributed by atoms with Crippen molar-refractivity contribution in [3.8, 4) is 11.5 Å². The van der Waals surface area contributed by atoms with Gasteiger partial charge in [-0.1, -0.05) is 24.3 Å². The molecular weight excluding hydrogens is 436 g/mol. The van der Waals surface area contributed by atoms with E-state index in [1.54, 1.807) is 24.3 Å². The summed E-state index contributed by atoms with van der Waals surface area (Å²) in [7, 11) is 0.